The maximum Gasteiger partial charge on any atom is 0.0607 e. The normalized spacial score (nSPS) is 31.0. The number of likely N-dealkylation sites (N-methyl/N-ethyl adjacent to an activating group) is 2. The van der Waals surface area contributed by atoms with Gasteiger partial charge < -0.3 is 15.4 Å². The van der Waals surface area contributed by atoms with Gasteiger partial charge in [0.25, 0.3) is 0 Å². The van der Waals surface area contributed by atoms with Crippen LogP contribution >= 0.6 is 0 Å². The van der Waals surface area contributed by atoms with E-state index in [1.807, 2.05) is 0 Å². The van der Waals surface area contributed by atoms with E-state index in [4.69, 9.17) is 10.5 Å². The molecule has 1 rings (SSSR count). The summed E-state index contributed by atoms with van der Waals surface area (Å²) in [4.78, 5) is 4.59. The molecule has 0 heterocycles. The highest BCUT2D eigenvalue weighted by Gasteiger charge is 2.46. The van der Waals surface area contributed by atoms with Crippen molar-refractivity contribution < 1.29 is 4.74 Å². The number of nitrogens with zero attached hydrogens (tertiary/aromatic N) is 2. The summed E-state index contributed by atoms with van der Waals surface area (Å²) in [7, 11) is 8.15. The zero-order valence-electron chi connectivity index (χ0n) is 10.5. The van der Waals surface area contributed by atoms with Crippen LogP contribution in [0.1, 0.15) is 12.8 Å². The maximum atomic E-state index is 5.88. The van der Waals surface area contributed by atoms with E-state index in [0.29, 0.717) is 6.10 Å². The summed E-state index contributed by atoms with van der Waals surface area (Å²) < 4.78 is 5.33. The molecule has 0 spiro atoms. The summed E-state index contributed by atoms with van der Waals surface area (Å²) in [5.41, 5.74) is 6.07. The van der Waals surface area contributed by atoms with Gasteiger partial charge in [-0.25, -0.2) is 0 Å². The molecule has 1 aliphatic rings. The van der Waals surface area contributed by atoms with Crippen LogP contribution in [0, 0.1) is 0 Å². The second kappa shape index (κ2) is 5.25. The second-order valence-corrected chi connectivity index (χ2v) is 4.92. The minimum atomic E-state index is 0.191. The van der Waals surface area contributed by atoms with Crippen LogP contribution in [0.25, 0.3) is 0 Å². The van der Waals surface area contributed by atoms with Gasteiger partial charge in [-0.3, -0.25) is 4.90 Å². The van der Waals surface area contributed by atoms with Crippen LogP contribution in [0.5, 0.6) is 0 Å². The SMILES string of the molecule is COC1CC(CN)(N(C)CCN(C)C)C1. The van der Waals surface area contributed by atoms with Gasteiger partial charge in [-0.2, -0.15) is 0 Å². The molecule has 0 bridgehead atoms. The number of ether oxygens (including phenoxy) is 1. The summed E-state index contributed by atoms with van der Waals surface area (Å²) in [6.07, 6.45) is 2.56. The molecule has 0 aromatic rings. The number of rotatable bonds is 6. The predicted octanol–water partition coefficient (Wildman–Crippen LogP) is -0.0139. The highest BCUT2D eigenvalue weighted by Crippen LogP contribution is 2.37. The summed E-state index contributed by atoms with van der Waals surface area (Å²) >= 11 is 0. The van der Waals surface area contributed by atoms with Crippen LogP contribution < -0.4 is 5.73 Å². The Balaban J connectivity index is 2.39. The van der Waals surface area contributed by atoms with Crippen molar-refractivity contribution in [2.24, 2.45) is 5.73 Å². The van der Waals surface area contributed by atoms with Crippen molar-refractivity contribution >= 4 is 0 Å². The van der Waals surface area contributed by atoms with Crippen molar-refractivity contribution in [3.63, 3.8) is 0 Å². The Labute approximate surface area is 93.4 Å². The Bertz CT molecular complexity index is 190. The van der Waals surface area contributed by atoms with Crippen molar-refractivity contribution in [2.45, 2.75) is 24.5 Å². The molecule has 0 radical (unpaired) electrons. The molecule has 2 N–H and O–H groups in total. The highest BCUT2D eigenvalue weighted by atomic mass is 16.5. The third-order valence-corrected chi connectivity index (χ3v) is 3.62. The van der Waals surface area contributed by atoms with Gasteiger partial charge in [-0.15, -0.1) is 0 Å². The van der Waals surface area contributed by atoms with Gasteiger partial charge in [0.15, 0.2) is 0 Å². The van der Waals surface area contributed by atoms with E-state index in [1.54, 1.807) is 7.11 Å². The van der Waals surface area contributed by atoms with E-state index in [1.165, 1.54) is 0 Å². The fraction of sp³-hybridized carbons (Fsp3) is 1.00. The fourth-order valence-electron chi connectivity index (χ4n) is 2.18. The lowest BCUT2D eigenvalue weighted by molar-refractivity contribution is -0.0790. The Morgan fingerprint density at radius 1 is 1.27 bits per heavy atom. The maximum absolute atomic E-state index is 5.88. The van der Waals surface area contributed by atoms with E-state index in [2.05, 4.69) is 30.9 Å². The van der Waals surface area contributed by atoms with E-state index in [-0.39, 0.29) is 5.54 Å². The van der Waals surface area contributed by atoms with Gasteiger partial charge >= 0.3 is 0 Å². The average molecular weight is 215 g/mol. The average Bonchev–Trinajstić information content (AvgIpc) is 2.14. The van der Waals surface area contributed by atoms with Crippen LogP contribution in [0.15, 0.2) is 0 Å². The Morgan fingerprint density at radius 2 is 1.87 bits per heavy atom. The van der Waals surface area contributed by atoms with Gasteiger partial charge in [0.05, 0.1) is 6.10 Å². The summed E-state index contributed by atoms with van der Waals surface area (Å²) in [5.74, 6) is 0. The van der Waals surface area contributed by atoms with Gasteiger partial charge in [-0.1, -0.05) is 0 Å². The van der Waals surface area contributed by atoms with Gasteiger partial charge in [0.1, 0.15) is 0 Å². The molecule has 0 aromatic carbocycles. The van der Waals surface area contributed by atoms with Crippen LogP contribution in [0.3, 0.4) is 0 Å². The predicted molar refractivity (Wildman–Crippen MR) is 63.0 cm³/mol. The lowest BCUT2D eigenvalue weighted by Gasteiger charge is -2.52. The van der Waals surface area contributed by atoms with Crippen LogP contribution in [-0.2, 0) is 4.74 Å². The lowest BCUT2D eigenvalue weighted by atomic mass is 9.73. The third kappa shape index (κ3) is 2.91. The molecule has 0 aromatic heterocycles. The highest BCUT2D eigenvalue weighted by molar-refractivity contribution is 5.03. The largest absolute Gasteiger partial charge is 0.381 e. The molecule has 15 heavy (non-hydrogen) atoms. The number of hydrogen-bond donors (Lipinski definition) is 1. The number of nitrogens with two attached hydrogens (primary N) is 1. The molecule has 0 atom stereocenters. The van der Waals surface area contributed by atoms with E-state index in [0.717, 1.165) is 32.5 Å². The standard InChI is InChI=1S/C11H25N3O/c1-13(2)5-6-14(3)11(9-12)7-10(8-11)15-4/h10H,5-9,12H2,1-4H3. The molecule has 1 fully saturated rings. The Hall–Kier alpha value is -0.160. The molecule has 1 saturated carbocycles. The first-order valence-corrected chi connectivity index (χ1v) is 5.63. The Kier molecular flexibility index (Phi) is 4.52. The summed E-state index contributed by atoms with van der Waals surface area (Å²) in [6.45, 7) is 2.88. The van der Waals surface area contributed by atoms with Crippen molar-refractivity contribution in [1.82, 2.24) is 9.80 Å². The first-order chi connectivity index (χ1) is 7.04. The lowest BCUT2D eigenvalue weighted by Crippen LogP contribution is -2.63. The molecule has 4 heteroatoms. The quantitative estimate of drug-likeness (QED) is 0.676. The van der Waals surface area contributed by atoms with Crippen LogP contribution in [-0.4, -0.2) is 69.3 Å². The smallest absolute Gasteiger partial charge is 0.0607 e. The van der Waals surface area contributed by atoms with Gasteiger partial charge in [0.2, 0.25) is 0 Å². The van der Waals surface area contributed by atoms with Crippen LogP contribution in [0.4, 0.5) is 0 Å². The zero-order chi connectivity index (χ0) is 11.5. The minimum Gasteiger partial charge on any atom is -0.381 e. The molecule has 0 saturated heterocycles. The summed E-state index contributed by atoms with van der Waals surface area (Å²) in [5, 5.41) is 0. The van der Waals surface area contributed by atoms with Crippen LogP contribution in [0.2, 0.25) is 0 Å². The third-order valence-electron chi connectivity index (χ3n) is 3.62. The van der Waals surface area contributed by atoms with Gasteiger partial charge in [0, 0.05) is 32.3 Å². The summed E-state index contributed by atoms with van der Waals surface area (Å²) in [6, 6.07) is 0. The van der Waals surface area contributed by atoms with E-state index < -0.39 is 0 Å². The first kappa shape index (κ1) is 12.9. The topological polar surface area (TPSA) is 41.7 Å². The molecule has 1 aliphatic carbocycles. The molecular formula is C11H25N3O. The molecular weight excluding hydrogens is 190 g/mol. The fourth-order valence-corrected chi connectivity index (χ4v) is 2.18. The van der Waals surface area contributed by atoms with Crippen molar-refractivity contribution in [3.8, 4) is 0 Å². The molecule has 0 aliphatic heterocycles. The molecule has 0 unspecified atom stereocenters. The van der Waals surface area contributed by atoms with Crippen molar-refractivity contribution in [2.75, 3.05) is 47.9 Å². The second-order valence-electron chi connectivity index (χ2n) is 4.92. The number of hydrogen-bond acceptors (Lipinski definition) is 4. The monoisotopic (exact) mass is 215 g/mol. The molecule has 0 amide bonds. The van der Waals surface area contributed by atoms with E-state index in [9.17, 15) is 0 Å². The van der Waals surface area contributed by atoms with Crippen molar-refractivity contribution in [3.05, 3.63) is 0 Å². The minimum absolute atomic E-state index is 0.191. The van der Waals surface area contributed by atoms with Crippen molar-refractivity contribution in [1.29, 1.82) is 0 Å². The zero-order valence-corrected chi connectivity index (χ0v) is 10.5. The molecule has 4 nitrogen and oxygen atoms in total. The Morgan fingerprint density at radius 3 is 2.27 bits per heavy atom. The number of methoxy groups -OCH3 is 1. The first-order valence-electron chi connectivity index (χ1n) is 5.63. The van der Waals surface area contributed by atoms with Gasteiger partial charge in [-0.05, 0) is 34.0 Å². The van der Waals surface area contributed by atoms with E-state index >= 15 is 0 Å². The molecule has 90 valence electrons.